The van der Waals surface area contributed by atoms with Gasteiger partial charge in [0.1, 0.15) is 5.82 Å². The van der Waals surface area contributed by atoms with Gasteiger partial charge in [-0.25, -0.2) is 12.8 Å². The third-order valence-corrected chi connectivity index (χ3v) is 5.44. The number of benzene rings is 3. The second-order valence-electron chi connectivity index (χ2n) is 6.34. The Hall–Kier alpha value is -3.45. The van der Waals surface area contributed by atoms with Crippen LogP contribution in [0.1, 0.15) is 11.1 Å². The van der Waals surface area contributed by atoms with Crippen molar-refractivity contribution < 1.29 is 17.6 Å². The Balaban J connectivity index is 1.65. The summed E-state index contributed by atoms with van der Waals surface area (Å²) in [5.74, 6) is -1.01. The molecule has 0 saturated carbocycles. The number of nitrogens with one attached hydrogen (secondary N) is 2. The molecule has 7 heteroatoms. The summed E-state index contributed by atoms with van der Waals surface area (Å²) < 4.78 is 40.7. The van der Waals surface area contributed by atoms with Crippen LogP contribution in [0.4, 0.5) is 15.8 Å². The van der Waals surface area contributed by atoms with Crippen molar-refractivity contribution in [2.24, 2.45) is 0 Å². The minimum Gasteiger partial charge on any atom is -0.323 e. The SMILES string of the molecule is Cc1ccc(/C=C/C(=O)Nc2ccc(S(=O)(=O)Nc3ccccc3F)cc2)cc1. The van der Waals surface area contributed by atoms with E-state index >= 15 is 0 Å². The van der Waals surface area contributed by atoms with E-state index in [1.54, 1.807) is 6.08 Å². The molecule has 2 N–H and O–H groups in total. The highest BCUT2D eigenvalue weighted by Gasteiger charge is 2.16. The average Bonchev–Trinajstić information content (AvgIpc) is 2.70. The molecule has 0 spiro atoms. The third-order valence-electron chi connectivity index (χ3n) is 4.05. The van der Waals surface area contributed by atoms with Crippen LogP contribution in [0.15, 0.2) is 83.8 Å². The van der Waals surface area contributed by atoms with E-state index in [1.807, 2.05) is 31.2 Å². The molecular weight excluding hydrogens is 391 g/mol. The maximum atomic E-state index is 13.7. The van der Waals surface area contributed by atoms with Gasteiger partial charge in [-0.15, -0.1) is 0 Å². The average molecular weight is 410 g/mol. The number of amides is 1. The molecule has 0 aliphatic carbocycles. The van der Waals surface area contributed by atoms with Crippen LogP contribution in [0.2, 0.25) is 0 Å². The third kappa shape index (κ3) is 5.52. The number of hydrogen-bond donors (Lipinski definition) is 2. The molecule has 3 rings (SSSR count). The number of carbonyl (C=O) groups is 1. The summed E-state index contributed by atoms with van der Waals surface area (Å²) in [6.45, 7) is 1.98. The summed E-state index contributed by atoms with van der Waals surface area (Å²) in [6.07, 6.45) is 3.08. The van der Waals surface area contributed by atoms with Crippen LogP contribution in [0.3, 0.4) is 0 Å². The number of carbonyl (C=O) groups excluding carboxylic acids is 1. The number of aryl methyl sites for hydroxylation is 1. The van der Waals surface area contributed by atoms with Crippen molar-refractivity contribution >= 4 is 33.4 Å². The number of rotatable bonds is 6. The minimum atomic E-state index is -3.95. The van der Waals surface area contributed by atoms with Gasteiger partial charge < -0.3 is 5.32 Å². The van der Waals surface area contributed by atoms with E-state index in [0.717, 1.165) is 11.1 Å². The zero-order chi connectivity index (χ0) is 20.9. The van der Waals surface area contributed by atoms with Gasteiger partial charge in [0.2, 0.25) is 5.91 Å². The van der Waals surface area contributed by atoms with Crippen LogP contribution in [0, 0.1) is 12.7 Å². The molecule has 0 aliphatic heterocycles. The van der Waals surface area contributed by atoms with E-state index in [9.17, 15) is 17.6 Å². The van der Waals surface area contributed by atoms with Gasteiger partial charge in [0, 0.05) is 11.8 Å². The molecule has 29 heavy (non-hydrogen) atoms. The molecule has 0 radical (unpaired) electrons. The lowest BCUT2D eigenvalue weighted by molar-refractivity contribution is -0.111. The lowest BCUT2D eigenvalue weighted by Gasteiger charge is -2.09. The number of sulfonamides is 1. The van der Waals surface area contributed by atoms with Crippen LogP contribution in [0.5, 0.6) is 0 Å². The highest BCUT2D eigenvalue weighted by atomic mass is 32.2. The van der Waals surface area contributed by atoms with E-state index in [2.05, 4.69) is 10.0 Å². The standard InChI is InChI=1S/C22H19FN2O3S/c1-16-6-8-17(9-7-16)10-15-22(26)24-18-11-13-19(14-12-18)29(27,28)25-21-5-3-2-4-20(21)23/h2-15,25H,1H3,(H,24,26)/b15-10+. The fourth-order valence-electron chi connectivity index (χ4n) is 2.50. The predicted molar refractivity (Wildman–Crippen MR) is 112 cm³/mol. The van der Waals surface area contributed by atoms with E-state index in [1.165, 1.54) is 54.6 Å². The molecule has 148 valence electrons. The van der Waals surface area contributed by atoms with Gasteiger partial charge in [-0.3, -0.25) is 9.52 Å². The van der Waals surface area contributed by atoms with Gasteiger partial charge in [0.15, 0.2) is 0 Å². The fraction of sp³-hybridized carbons (Fsp3) is 0.0455. The minimum absolute atomic E-state index is 0.0473. The van der Waals surface area contributed by atoms with Crippen molar-refractivity contribution in [3.8, 4) is 0 Å². The Labute approximate surface area is 169 Å². The van der Waals surface area contributed by atoms with Crippen molar-refractivity contribution in [2.45, 2.75) is 11.8 Å². The van der Waals surface area contributed by atoms with Gasteiger partial charge >= 0.3 is 0 Å². The topological polar surface area (TPSA) is 75.3 Å². The monoisotopic (exact) mass is 410 g/mol. The van der Waals surface area contributed by atoms with Crippen LogP contribution < -0.4 is 10.0 Å². The quantitative estimate of drug-likeness (QED) is 0.584. The summed E-state index contributed by atoms with van der Waals surface area (Å²) >= 11 is 0. The second kappa shape index (κ2) is 8.70. The number of halogens is 1. The molecular formula is C22H19FN2O3S. The Morgan fingerprint density at radius 1 is 0.931 bits per heavy atom. The van der Waals surface area contributed by atoms with Gasteiger partial charge in [-0.1, -0.05) is 42.0 Å². The molecule has 3 aromatic carbocycles. The predicted octanol–water partition coefficient (Wildman–Crippen LogP) is 4.59. The zero-order valence-electron chi connectivity index (χ0n) is 15.6. The number of anilines is 2. The second-order valence-corrected chi connectivity index (χ2v) is 8.03. The zero-order valence-corrected chi connectivity index (χ0v) is 16.4. The van der Waals surface area contributed by atoms with E-state index in [0.29, 0.717) is 5.69 Å². The van der Waals surface area contributed by atoms with Gasteiger partial charge in [0.25, 0.3) is 10.0 Å². The van der Waals surface area contributed by atoms with Crippen molar-refractivity contribution in [1.29, 1.82) is 0 Å². The van der Waals surface area contributed by atoms with Crippen molar-refractivity contribution in [2.75, 3.05) is 10.0 Å². The molecule has 0 heterocycles. The summed E-state index contributed by atoms with van der Waals surface area (Å²) in [6, 6.07) is 18.8. The number of hydrogen-bond acceptors (Lipinski definition) is 3. The molecule has 5 nitrogen and oxygen atoms in total. The first kappa shape index (κ1) is 20.3. The van der Waals surface area contributed by atoms with Crippen LogP contribution in [-0.2, 0) is 14.8 Å². The highest BCUT2D eigenvalue weighted by molar-refractivity contribution is 7.92. The summed E-state index contributed by atoms with van der Waals surface area (Å²) in [5.41, 5.74) is 2.33. The lowest BCUT2D eigenvalue weighted by atomic mass is 10.1. The van der Waals surface area contributed by atoms with Crippen molar-refractivity contribution in [3.05, 3.63) is 95.8 Å². The Kier molecular flexibility index (Phi) is 6.09. The highest BCUT2D eigenvalue weighted by Crippen LogP contribution is 2.20. The van der Waals surface area contributed by atoms with Crippen LogP contribution in [0.25, 0.3) is 6.08 Å². The van der Waals surface area contributed by atoms with E-state index in [-0.39, 0.29) is 16.5 Å². The summed E-state index contributed by atoms with van der Waals surface area (Å²) in [5, 5.41) is 2.66. The first-order chi connectivity index (χ1) is 13.8. The first-order valence-corrected chi connectivity index (χ1v) is 10.2. The van der Waals surface area contributed by atoms with Gasteiger partial charge in [0.05, 0.1) is 10.6 Å². The number of para-hydroxylation sites is 1. The maximum Gasteiger partial charge on any atom is 0.261 e. The fourth-order valence-corrected chi connectivity index (χ4v) is 3.57. The van der Waals surface area contributed by atoms with Crippen molar-refractivity contribution in [1.82, 2.24) is 0 Å². The van der Waals surface area contributed by atoms with E-state index < -0.39 is 15.8 Å². The molecule has 3 aromatic rings. The molecule has 0 aromatic heterocycles. The summed E-state index contributed by atoms with van der Waals surface area (Å²) in [7, 11) is -3.95. The molecule has 0 unspecified atom stereocenters. The molecule has 0 saturated heterocycles. The smallest absolute Gasteiger partial charge is 0.261 e. The Bertz CT molecular complexity index is 1140. The van der Waals surface area contributed by atoms with E-state index in [4.69, 9.17) is 0 Å². The molecule has 1 amide bonds. The maximum absolute atomic E-state index is 13.7. The molecule has 0 fully saturated rings. The van der Waals surface area contributed by atoms with Gasteiger partial charge in [-0.05, 0) is 55.0 Å². The van der Waals surface area contributed by atoms with Gasteiger partial charge in [-0.2, -0.15) is 0 Å². The molecule has 0 bridgehead atoms. The van der Waals surface area contributed by atoms with Crippen molar-refractivity contribution in [3.63, 3.8) is 0 Å². The first-order valence-electron chi connectivity index (χ1n) is 8.77. The largest absolute Gasteiger partial charge is 0.323 e. The van der Waals surface area contributed by atoms with Crippen LogP contribution in [-0.4, -0.2) is 14.3 Å². The van der Waals surface area contributed by atoms with Crippen LogP contribution >= 0.6 is 0 Å². The lowest BCUT2D eigenvalue weighted by Crippen LogP contribution is -2.14. The Morgan fingerprint density at radius 2 is 1.59 bits per heavy atom. The molecule has 0 aliphatic rings. The molecule has 0 atom stereocenters. The summed E-state index contributed by atoms with van der Waals surface area (Å²) in [4.78, 5) is 12.0. The Morgan fingerprint density at radius 3 is 2.24 bits per heavy atom. The normalized spacial score (nSPS) is 11.4.